The lowest BCUT2D eigenvalue weighted by atomic mass is 10.1. The van der Waals surface area contributed by atoms with Crippen LogP contribution in [0.1, 0.15) is 27.2 Å². The summed E-state index contributed by atoms with van der Waals surface area (Å²) in [6.07, 6.45) is -0.625. The van der Waals surface area contributed by atoms with Crippen molar-refractivity contribution in [1.29, 1.82) is 0 Å². The van der Waals surface area contributed by atoms with E-state index in [1.165, 1.54) is 0 Å². The molecule has 196 valence electrons. The first-order valence-corrected chi connectivity index (χ1v) is 11.6. The molecule has 0 bridgehead atoms. The fourth-order valence-electron chi connectivity index (χ4n) is 2.75. The minimum Gasteiger partial charge on any atom is -0.410 e. The second-order valence-corrected chi connectivity index (χ2v) is 8.50. The normalized spacial score (nSPS) is 10.9. The summed E-state index contributed by atoms with van der Waals surface area (Å²) >= 11 is 0. The van der Waals surface area contributed by atoms with Crippen LogP contribution in [-0.2, 0) is 9.59 Å². The summed E-state index contributed by atoms with van der Waals surface area (Å²) in [6, 6.07) is 12.7. The number of hydrogen-bond donors (Lipinski definition) is 4. The van der Waals surface area contributed by atoms with E-state index in [1.807, 2.05) is 6.92 Å². The Morgan fingerprint density at radius 3 is 1.54 bits per heavy atom. The standard InChI is InChI=1S/C27H32N4O6/c1-17(2)24(32)30-20-6-10-22(11-7-20)36-26(34)28-15-14-19(5)16-29-27(35)37-23-12-8-21(9-13-23)31-25(33)18(3)4/h6-13,19H,1,3,14-16H2,2,4-5H3,(H,28,34)(H,29,35)(H,30,32)(H,31,33). The highest BCUT2D eigenvalue weighted by molar-refractivity contribution is 6.03. The van der Waals surface area contributed by atoms with E-state index >= 15 is 0 Å². The van der Waals surface area contributed by atoms with Crippen molar-refractivity contribution in [2.75, 3.05) is 23.7 Å². The number of nitrogens with one attached hydrogen (secondary N) is 4. The minimum atomic E-state index is -0.610. The first kappa shape index (κ1) is 28.6. The summed E-state index contributed by atoms with van der Waals surface area (Å²) < 4.78 is 10.4. The van der Waals surface area contributed by atoms with Crippen LogP contribution in [0.15, 0.2) is 72.8 Å². The molecular formula is C27H32N4O6. The van der Waals surface area contributed by atoms with Crippen LogP contribution >= 0.6 is 0 Å². The minimum absolute atomic E-state index is 0.0591. The van der Waals surface area contributed by atoms with Gasteiger partial charge < -0.3 is 30.7 Å². The van der Waals surface area contributed by atoms with Crippen LogP contribution in [0.2, 0.25) is 0 Å². The molecule has 0 heterocycles. The van der Waals surface area contributed by atoms with Crippen molar-refractivity contribution in [1.82, 2.24) is 10.6 Å². The first-order chi connectivity index (χ1) is 17.5. The SMILES string of the molecule is C=C(C)C(=O)Nc1ccc(OC(=O)NCCC(C)CNC(=O)Oc2ccc(NC(=O)C(=C)C)cc2)cc1. The van der Waals surface area contributed by atoms with Crippen LogP contribution < -0.4 is 30.7 Å². The lowest BCUT2D eigenvalue weighted by Gasteiger charge is -2.13. The molecule has 4 amide bonds. The fraction of sp³-hybridized carbons (Fsp3) is 0.259. The van der Waals surface area contributed by atoms with Crippen molar-refractivity contribution in [2.24, 2.45) is 5.92 Å². The maximum atomic E-state index is 12.0. The third-order valence-electron chi connectivity index (χ3n) is 4.92. The Morgan fingerprint density at radius 2 is 1.14 bits per heavy atom. The van der Waals surface area contributed by atoms with Gasteiger partial charge in [0.1, 0.15) is 11.5 Å². The average Bonchev–Trinajstić information content (AvgIpc) is 2.85. The highest BCUT2D eigenvalue weighted by atomic mass is 16.6. The molecular weight excluding hydrogens is 476 g/mol. The van der Waals surface area contributed by atoms with Crippen molar-refractivity contribution in [3.8, 4) is 11.5 Å². The number of benzene rings is 2. The van der Waals surface area contributed by atoms with Gasteiger partial charge in [-0.15, -0.1) is 0 Å². The van der Waals surface area contributed by atoms with Crippen LogP contribution in [0.4, 0.5) is 21.0 Å². The molecule has 0 saturated heterocycles. The molecule has 2 aromatic rings. The summed E-state index contributed by atoms with van der Waals surface area (Å²) in [4.78, 5) is 47.3. The number of ether oxygens (including phenoxy) is 2. The largest absolute Gasteiger partial charge is 0.412 e. The van der Waals surface area contributed by atoms with E-state index in [9.17, 15) is 19.2 Å². The number of carbonyl (C=O) groups excluding carboxylic acids is 4. The van der Waals surface area contributed by atoms with E-state index in [1.54, 1.807) is 62.4 Å². The Kier molecular flexibility index (Phi) is 10.9. The Hall–Kier alpha value is -4.60. The molecule has 4 N–H and O–H groups in total. The highest BCUT2D eigenvalue weighted by Gasteiger charge is 2.10. The van der Waals surface area contributed by atoms with E-state index < -0.39 is 12.2 Å². The molecule has 0 aliphatic carbocycles. The quantitative estimate of drug-likeness (QED) is 0.327. The van der Waals surface area contributed by atoms with Crippen LogP contribution in [0, 0.1) is 5.92 Å². The smallest absolute Gasteiger partial charge is 0.410 e. The maximum Gasteiger partial charge on any atom is 0.412 e. The Bertz CT molecular complexity index is 1140. The third kappa shape index (κ3) is 10.7. The number of carbonyl (C=O) groups is 4. The molecule has 0 saturated carbocycles. The van der Waals surface area contributed by atoms with E-state index in [0.29, 0.717) is 53.5 Å². The lowest BCUT2D eigenvalue weighted by Crippen LogP contribution is -2.33. The van der Waals surface area contributed by atoms with Crippen molar-refractivity contribution < 1.29 is 28.7 Å². The maximum absolute atomic E-state index is 12.0. The molecule has 0 radical (unpaired) electrons. The van der Waals surface area contributed by atoms with Gasteiger partial charge in [-0.3, -0.25) is 9.59 Å². The lowest BCUT2D eigenvalue weighted by molar-refractivity contribution is -0.113. The molecule has 10 heteroatoms. The Labute approximate surface area is 216 Å². The van der Waals surface area contributed by atoms with Crippen molar-refractivity contribution in [2.45, 2.75) is 27.2 Å². The van der Waals surface area contributed by atoms with E-state index in [0.717, 1.165) is 0 Å². The van der Waals surface area contributed by atoms with Gasteiger partial charge in [-0.05, 0) is 74.7 Å². The molecule has 10 nitrogen and oxygen atoms in total. The van der Waals surface area contributed by atoms with Gasteiger partial charge >= 0.3 is 12.2 Å². The second kappa shape index (κ2) is 14.1. The summed E-state index contributed by atoms with van der Waals surface area (Å²) in [5.41, 5.74) is 1.89. The van der Waals surface area contributed by atoms with Crippen molar-refractivity contribution in [3.05, 3.63) is 72.8 Å². The molecule has 0 aromatic heterocycles. The van der Waals surface area contributed by atoms with Gasteiger partial charge in [-0.2, -0.15) is 0 Å². The zero-order valence-electron chi connectivity index (χ0n) is 21.2. The number of hydrogen-bond acceptors (Lipinski definition) is 6. The number of rotatable bonds is 11. The summed E-state index contributed by atoms with van der Waals surface area (Å²) in [7, 11) is 0. The molecule has 2 rings (SSSR count). The first-order valence-electron chi connectivity index (χ1n) is 11.6. The average molecular weight is 509 g/mol. The number of amides is 4. The van der Waals surface area contributed by atoms with Crippen LogP contribution in [-0.4, -0.2) is 37.1 Å². The summed E-state index contributed by atoms with van der Waals surface area (Å²) in [6.45, 7) is 13.0. The van der Waals surface area contributed by atoms with Crippen molar-refractivity contribution >= 4 is 35.4 Å². The van der Waals surface area contributed by atoms with Gasteiger partial charge in [0.25, 0.3) is 11.8 Å². The van der Waals surface area contributed by atoms with Crippen LogP contribution in [0.25, 0.3) is 0 Å². The monoisotopic (exact) mass is 508 g/mol. The predicted molar refractivity (Wildman–Crippen MR) is 142 cm³/mol. The van der Waals surface area contributed by atoms with Gasteiger partial charge in [0.15, 0.2) is 0 Å². The molecule has 2 aromatic carbocycles. The van der Waals surface area contributed by atoms with Gasteiger partial charge in [0, 0.05) is 35.6 Å². The van der Waals surface area contributed by atoms with Crippen LogP contribution in [0.3, 0.4) is 0 Å². The summed E-state index contributed by atoms with van der Waals surface area (Å²) in [5.74, 6) is 0.138. The number of anilines is 2. The van der Waals surface area contributed by atoms with Gasteiger partial charge in [-0.25, -0.2) is 9.59 Å². The van der Waals surface area contributed by atoms with E-state index in [2.05, 4.69) is 34.4 Å². The topological polar surface area (TPSA) is 135 Å². The molecule has 1 unspecified atom stereocenters. The van der Waals surface area contributed by atoms with Gasteiger partial charge in [-0.1, -0.05) is 20.1 Å². The molecule has 0 spiro atoms. The third-order valence-corrected chi connectivity index (χ3v) is 4.92. The predicted octanol–water partition coefficient (Wildman–Crippen LogP) is 4.62. The van der Waals surface area contributed by atoms with Gasteiger partial charge in [0.05, 0.1) is 0 Å². The fourth-order valence-corrected chi connectivity index (χ4v) is 2.75. The highest BCUT2D eigenvalue weighted by Crippen LogP contribution is 2.17. The Morgan fingerprint density at radius 1 is 0.730 bits per heavy atom. The van der Waals surface area contributed by atoms with E-state index in [4.69, 9.17) is 9.47 Å². The zero-order chi connectivity index (χ0) is 27.4. The van der Waals surface area contributed by atoms with Gasteiger partial charge in [0.2, 0.25) is 0 Å². The second-order valence-electron chi connectivity index (χ2n) is 8.50. The van der Waals surface area contributed by atoms with Crippen LogP contribution in [0.5, 0.6) is 11.5 Å². The molecule has 0 fully saturated rings. The molecule has 0 aliphatic rings. The summed E-state index contributed by atoms with van der Waals surface area (Å²) in [5, 5.41) is 10.7. The van der Waals surface area contributed by atoms with E-state index in [-0.39, 0.29) is 17.7 Å². The molecule has 1 atom stereocenters. The molecule has 37 heavy (non-hydrogen) atoms. The Balaban J connectivity index is 1.64. The van der Waals surface area contributed by atoms with Crippen molar-refractivity contribution in [3.63, 3.8) is 0 Å². The molecule has 0 aliphatic heterocycles. The zero-order valence-corrected chi connectivity index (χ0v) is 21.2.